The Bertz CT molecular complexity index is 921. The van der Waals surface area contributed by atoms with Gasteiger partial charge in [0.25, 0.3) is 5.91 Å². The number of aromatic nitrogens is 2. The van der Waals surface area contributed by atoms with Crippen LogP contribution in [0.4, 0.5) is 24.8 Å². The van der Waals surface area contributed by atoms with Gasteiger partial charge in [-0.15, -0.1) is 0 Å². The van der Waals surface area contributed by atoms with Crippen LogP contribution in [0.5, 0.6) is 0 Å². The van der Waals surface area contributed by atoms with Crippen LogP contribution in [0.1, 0.15) is 15.9 Å². The Kier molecular flexibility index (Phi) is 5.99. The van der Waals surface area contributed by atoms with Crippen LogP contribution in [0.15, 0.2) is 36.7 Å². The molecular weight excluding hydrogens is 409 g/mol. The quantitative estimate of drug-likeness (QED) is 0.739. The molecule has 2 aliphatic heterocycles. The Hall–Kier alpha value is -2.88. The standard InChI is InChI=1S/C21H25F3N6O/c1-27-5-7-28(8-6-27)18-14-19(26-15-25-18)29-9-11-30(12-10-29)20(31)16-3-2-4-17(13-16)21(22,23)24/h2-4,13-15H,5-12H2,1H3. The van der Waals surface area contributed by atoms with Crippen molar-refractivity contribution >= 4 is 17.5 Å². The van der Waals surface area contributed by atoms with Crippen molar-refractivity contribution in [3.05, 3.63) is 47.8 Å². The molecule has 10 heteroatoms. The molecule has 1 amide bonds. The highest BCUT2D eigenvalue weighted by molar-refractivity contribution is 5.94. The number of alkyl halides is 3. The zero-order valence-electron chi connectivity index (χ0n) is 17.3. The van der Waals surface area contributed by atoms with Gasteiger partial charge in [-0.3, -0.25) is 4.79 Å². The fraction of sp³-hybridized carbons (Fsp3) is 0.476. The van der Waals surface area contributed by atoms with E-state index in [1.165, 1.54) is 12.1 Å². The first kappa shape index (κ1) is 21.4. The predicted molar refractivity (Wildman–Crippen MR) is 111 cm³/mol. The number of halogens is 3. The molecular formula is C21H25F3N6O. The normalized spacial score (nSPS) is 18.4. The Labute approximate surface area is 179 Å². The molecule has 0 atom stereocenters. The van der Waals surface area contributed by atoms with Gasteiger partial charge >= 0.3 is 6.18 Å². The number of carbonyl (C=O) groups is 1. The first-order valence-electron chi connectivity index (χ1n) is 10.3. The monoisotopic (exact) mass is 434 g/mol. The molecule has 4 rings (SSSR count). The topological polar surface area (TPSA) is 55.8 Å². The summed E-state index contributed by atoms with van der Waals surface area (Å²) in [6, 6.07) is 6.56. The number of hydrogen-bond donors (Lipinski definition) is 0. The fourth-order valence-corrected chi connectivity index (χ4v) is 3.87. The van der Waals surface area contributed by atoms with Crippen molar-refractivity contribution in [2.24, 2.45) is 0 Å². The SMILES string of the molecule is CN1CCN(c2cc(N3CCN(C(=O)c4cccc(C(F)(F)F)c4)CC3)ncn2)CC1. The van der Waals surface area contributed by atoms with Crippen molar-refractivity contribution in [3.63, 3.8) is 0 Å². The van der Waals surface area contributed by atoms with Gasteiger partial charge in [0.2, 0.25) is 0 Å². The summed E-state index contributed by atoms with van der Waals surface area (Å²) < 4.78 is 38.8. The van der Waals surface area contributed by atoms with Gasteiger partial charge in [-0.1, -0.05) is 6.07 Å². The highest BCUT2D eigenvalue weighted by atomic mass is 19.4. The third kappa shape index (κ3) is 4.90. The first-order valence-corrected chi connectivity index (χ1v) is 10.3. The van der Waals surface area contributed by atoms with E-state index in [1.54, 1.807) is 11.2 Å². The highest BCUT2D eigenvalue weighted by Crippen LogP contribution is 2.30. The number of anilines is 2. The van der Waals surface area contributed by atoms with Crippen LogP contribution in [0, 0.1) is 0 Å². The average Bonchev–Trinajstić information content (AvgIpc) is 2.79. The third-order valence-corrected chi connectivity index (χ3v) is 5.79. The van der Waals surface area contributed by atoms with Crippen molar-refractivity contribution in [3.8, 4) is 0 Å². The zero-order valence-corrected chi connectivity index (χ0v) is 17.3. The Morgan fingerprint density at radius 2 is 1.45 bits per heavy atom. The average molecular weight is 434 g/mol. The molecule has 0 radical (unpaired) electrons. The molecule has 3 heterocycles. The second-order valence-corrected chi connectivity index (χ2v) is 7.88. The smallest absolute Gasteiger partial charge is 0.354 e. The molecule has 31 heavy (non-hydrogen) atoms. The second kappa shape index (κ2) is 8.70. The summed E-state index contributed by atoms with van der Waals surface area (Å²) in [6.07, 6.45) is -2.91. The van der Waals surface area contributed by atoms with E-state index in [4.69, 9.17) is 0 Å². The maximum Gasteiger partial charge on any atom is 0.416 e. The molecule has 0 spiro atoms. The van der Waals surface area contributed by atoms with Gasteiger partial charge in [-0.05, 0) is 25.2 Å². The van der Waals surface area contributed by atoms with Gasteiger partial charge < -0.3 is 19.6 Å². The third-order valence-electron chi connectivity index (χ3n) is 5.79. The largest absolute Gasteiger partial charge is 0.416 e. The summed E-state index contributed by atoms with van der Waals surface area (Å²) in [5.41, 5.74) is -0.753. The van der Waals surface area contributed by atoms with E-state index in [2.05, 4.69) is 31.7 Å². The number of benzene rings is 1. The van der Waals surface area contributed by atoms with E-state index >= 15 is 0 Å². The van der Waals surface area contributed by atoms with E-state index in [-0.39, 0.29) is 11.5 Å². The number of nitrogens with zero attached hydrogens (tertiary/aromatic N) is 6. The number of rotatable bonds is 3. The van der Waals surface area contributed by atoms with E-state index in [0.29, 0.717) is 26.2 Å². The van der Waals surface area contributed by atoms with Crippen LogP contribution in [-0.4, -0.2) is 85.1 Å². The molecule has 0 saturated carbocycles. The number of likely N-dealkylation sites (N-methyl/N-ethyl adjacent to an activating group) is 1. The van der Waals surface area contributed by atoms with Gasteiger partial charge in [0.05, 0.1) is 5.56 Å². The molecule has 0 unspecified atom stereocenters. The molecule has 0 aliphatic carbocycles. The molecule has 7 nitrogen and oxygen atoms in total. The van der Waals surface area contributed by atoms with Crippen LogP contribution in [0.2, 0.25) is 0 Å². The molecule has 2 saturated heterocycles. The van der Waals surface area contributed by atoms with Gasteiger partial charge in [-0.2, -0.15) is 13.2 Å². The van der Waals surface area contributed by atoms with Crippen molar-refractivity contribution in [2.75, 3.05) is 69.2 Å². The van der Waals surface area contributed by atoms with Crippen molar-refractivity contribution < 1.29 is 18.0 Å². The fourth-order valence-electron chi connectivity index (χ4n) is 3.87. The molecule has 1 aromatic heterocycles. The molecule has 1 aromatic carbocycles. The lowest BCUT2D eigenvalue weighted by atomic mass is 10.1. The number of hydrogen-bond acceptors (Lipinski definition) is 6. The van der Waals surface area contributed by atoms with Crippen LogP contribution >= 0.6 is 0 Å². The van der Waals surface area contributed by atoms with E-state index in [9.17, 15) is 18.0 Å². The summed E-state index contributed by atoms with van der Waals surface area (Å²) in [6.45, 7) is 5.74. The number of piperazine rings is 2. The van der Waals surface area contributed by atoms with Gasteiger partial charge in [-0.25, -0.2) is 9.97 Å². The lowest BCUT2D eigenvalue weighted by Gasteiger charge is -2.36. The van der Waals surface area contributed by atoms with Gasteiger partial charge in [0.15, 0.2) is 0 Å². The highest BCUT2D eigenvalue weighted by Gasteiger charge is 2.32. The molecule has 0 bridgehead atoms. The summed E-state index contributed by atoms with van der Waals surface area (Å²) in [7, 11) is 2.10. The summed E-state index contributed by atoms with van der Waals surface area (Å²) >= 11 is 0. The van der Waals surface area contributed by atoms with Crippen LogP contribution in [-0.2, 0) is 6.18 Å². The van der Waals surface area contributed by atoms with Gasteiger partial charge in [0, 0.05) is 64.0 Å². The first-order chi connectivity index (χ1) is 14.8. The van der Waals surface area contributed by atoms with Gasteiger partial charge in [0.1, 0.15) is 18.0 Å². The molecule has 0 N–H and O–H groups in total. The van der Waals surface area contributed by atoms with Crippen LogP contribution in [0.3, 0.4) is 0 Å². The maximum absolute atomic E-state index is 12.9. The van der Waals surface area contributed by atoms with Crippen molar-refractivity contribution in [2.45, 2.75) is 6.18 Å². The number of carbonyl (C=O) groups excluding carboxylic acids is 1. The van der Waals surface area contributed by atoms with Crippen LogP contribution in [0.25, 0.3) is 0 Å². The minimum absolute atomic E-state index is 0.0580. The number of amides is 1. The minimum atomic E-state index is -4.47. The van der Waals surface area contributed by atoms with E-state index < -0.39 is 11.7 Å². The Morgan fingerprint density at radius 1 is 0.871 bits per heavy atom. The summed E-state index contributed by atoms with van der Waals surface area (Å²) in [5, 5.41) is 0. The van der Waals surface area contributed by atoms with Crippen molar-refractivity contribution in [1.82, 2.24) is 19.8 Å². The summed E-state index contributed by atoms with van der Waals surface area (Å²) in [4.78, 5) is 29.7. The molecule has 166 valence electrons. The minimum Gasteiger partial charge on any atom is -0.354 e. The van der Waals surface area contributed by atoms with E-state index in [1.807, 2.05) is 6.07 Å². The van der Waals surface area contributed by atoms with Crippen molar-refractivity contribution in [1.29, 1.82) is 0 Å². The Morgan fingerprint density at radius 3 is 2.03 bits per heavy atom. The lowest BCUT2D eigenvalue weighted by Crippen LogP contribution is -2.49. The lowest BCUT2D eigenvalue weighted by molar-refractivity contribution is -0.137. The molecule has 2 aliphatic rings. The van der Waals surface area contributed by atoms with Crippen LogP contribution < -0.4 is 9.80 Å². The molecule has 2 fully saturated rings. The predicted octanol–water partition coefficient (Wildman–Crippen LogP) is 2.21. The second-order valence-electron chi connectivity index (χ2n) is 7.88. The van der Waals surface area contributed by atoms with E-state index in [0.717, 1.165) is 49.9 Å². The zero-order chi connectivity index (χ0) is 22.0. The Balaban J connectivity index is 1.39. The maximum atomic E-state index is 12.9. The molecule has 2 aromatic rings. The summed E-state index contributed by atoms with van der Waals surface area (Å²) in [5.74, 6) is 1.31.